The molecule has 0 bridgehead atoms. The highest BCUT2D eigenvalue weighted by molar-refractivity contribution is 6.31. The van der Waals surface area contributed by atoms with Gasteiger partial charge in [0.05, 0.1) is 5.02 Å². The van der Waals surface area contributed by atoms with Crippen LogP contribution in [0.4, 0.5) is 4.39 Å². The van der Waals surface area contributed by atoms with Gasteiger partial charge in [-0.25, -0.2) is 4.39 Å². The van der Waals surface area contributed by atoms with Gasteiger partial charge in [0.25, 0.3) is 0 Å². The van der Waals surface area contributed by atoms with Crippen molar-refractivity contribution in [2.75, 3.05) is 0 Å². The fourth-order valence-electron chi connectivity index (χ4n) is 1.84. The number of hydrogen-bond acceptors (Lipinski definition) is 1. The summed E-state index contributed by atoms with van der Waals surface area (Å²) in [7, 11) is 0. The van der Waals surface area contributed by atoms with E-state index < -0.39 is 5.82 Å². The van der Waals surface area contributed by atoms with Gasteiger partial charge in [0, 0.05) is 24.5 Å². The number of halogens is 2. The van der Waals surface area contributed by atoms with E-state index >= 15 is 0 Å². The largest absolute Gasteiger partial charge is 0.346 e. The highest BCUT2D eigenvalue weighted by Gasteiger charge is 2.09. The van der Waals surface area contributed by atoms with Gasteiger partial charge in [0.2, 0.25) is 0 Å². The summed E-state index contributed by atoms with van der Waals surface area (Å²) in [6.07, 6.45) is 1.92. The SMILES string of the molecule is CC(N)c1cccn1Cc1cccc(F)c1Cl. The first kappa shape index (κ1) is 12.1. The van der Waals surface area contributed by atoms with Crippen LogP contribution in [0.5, 0.6) is 0 Å². The van der Waals surface area contributed by atoms with E-state index in [0.29, 0.717) is 6.54 Å². The third-order valence-corrected chi connectivity index (χ3v) is 3.13. The van der Waals surface area contributed by atoms with Crippen LogP contribution in [0.3, 0.4) is 0 Å². The molecule has 0 amide bonds. The number of rotatable bonds is 3. The van der Waals surface area contributed by atoms with Crippen LogP contribution < -0.4 is 5.73 Å². The summed E-state index contributed by atoms with van der Waals surface area (Å²) < 4.78 is 15.3. The summed E-state index contributed by atoms with van der Waals surface area (Å²) in [4.78, 5) is 0. The molecule has 4 heteroatoms. The van der Waals surface area contributed by atoms with Gasteiger partial charge in [0.15, 0.2) is 0 Å². The van der Waals surface area contributed by atoms with E-state index in [4.69, 9.17) is 17.3 Å². The second-order valence-corrected chi connectivity index (χ2v) is 4.44. The minimum absolute atomic E-state index is 0.0580. The number of benzene rings is 1. The number of hydrogen-bond donors (Lipinski definition) is 1. The molecule has 0 aliphatic carbocycles. The van der Waals surface area contributed by atoms with Crippen LogP contribution in [-0.4, -0.2) is 4.57 Å². The van der Waals surface area contributed by atoms with Crippen molar-refractivity contribution < 1.29 is 4.39 Å². The predicted molar refractivity (Wildman–Crippen MR) is 67.5 cm³/mol. The van der Waals surface area contributed by atoms with Crippen LogP contribution in [0.1, 0.15) is 24.2 Å². The average Bonchev–Trinajstić information content (AvgIpc) is 2.73. The van der Waals surface area contributed by atoms with Crippen molar-refractivity contribution in [3.05, 3.63) is 58.6 Å². The van der Waals surface area contributed by atoms with Gasteiger partial charge in [-0.05, 0) is 30.7 Å². The summed E-state index contributed by atoms with van der Waals surface area (Å²) in [6, 6.07) is 8.65. The van der Waals surface area contributed by atoms with Crippen molar-refractivity contribution in [3.8, 4) is 0 Å². The van der Waals surface area contributed by atoms with Gasteiger partial charge >= 0.3 is 0 Å². The molecule has 0 saturated carbocycles. The molecule has 2 N–H and O–H groups in total. The third kappa shape index (κ3) is 2.51. The normalized spacial score (nSPS) is 12.7. The first-order chi connectivity index (χ1) is 8.09. The fourth-order valence-corrected chi connectivity index (χ4v) is 2.02. The van der Waals surface area contributed by atoms with Gasteiger partial charge in [-0.2, -0.15) is 0 Å². The van der Waals surface area contributed by atoms with Gasteiger partial charge in [0.1, 0.15) is 5.82 Å². The molecule has 1 aromatic carbocycles. The Morgan fingerprint density at radius 1 is 1.35 bits per heavy atom. The van der Waals surface area contributed by atoms with E-state index in [9.17, 15) is 4.39 Å². The highest BCUT2D eigenvalue weighted by Crippen LogP contribution is 2.22. The van der Waals surface area contributed by atoms with Gasteiger partial charge < -0.3 is 10.3 Å². The minimum Gasteiger partial charge on any atom is -0.346 e. The number of nitrogens with two attached hydrogens (primary N) is 1. The Hall–Kier alpha value is -1.32. The summed E-state index contributed by atoms with van der Waals surface area (Å²) in [6.45, 7) is 2.44. The van der Waals surface area contributed by atoms with Crippen molar-refractivity contribution in [2.24, 2.45) is 5.73 Å². The van der Waals surface area contributed by atoms with Crippen molar-refractivity contribution in [3.63, 3.8) is 0 Å². The van der Waals surface area contributed by atoms with Crippen molar-refractivity contribution >= 4 is 11.6 Å². The highest BCUT2D eigenvalue weighted by atomic mass is 35.5. The monoisotopic (exact) mass is 252 g/mol. The summed E-state index contributed by atoms with van der Waals surface area (Å²) >= 11 is 5.92. The van der Waals surface area contributed by atoms with Crippen LogP contribution in [0, 0.1) is 5.82 Å². The van der Waals surface area contributed by atoms with Crippen LogP contribution in [0.25, 0.3) is 0 Å². The molecule has 17 heavy (non-hydrogen) atoms. The van der Waals surface area contributed by atoms with E-state index in [1.165, 1.54) is 6.07 Å². The molecule has 2 rings (SSSR count). The Balaban J connectivity index is 2.32. The predicted octanol–water partition coefficient (Wildman–Crippen LogP) is 3.35. The number of nitrogens with zero attached hydrogens (tertiary/aromatic N) is 1. The molecule has 0 aliphatic rings. The summed E-state index contributed by atoms with van der Waals surface area (Å²) in [5.74, 6) is -0.390. The van der Waals surface area contributed by atoms with Crippen LogP contribution >= 0.6 is 11.6 Å². The second-order valence-electron chi connectivity index (χ2n) is 4.06. The molecule has 1 atom stereocenters. The van der Waals surface area contributed by atoms with Crippen molar-refractivity contribution in [1.29, 1.82) is 0 Å². The molecular weight excluding hydrogens is 239 g/mol. The molecule has 1 aromatic heterocycles. The molecule has 0 spiro atoms. The standard InChI is InChI=1S/C13H14ClFN2/c1-9(16)12-6-3-7-17(12)8-10-4-2-5-11(15)13(10)14/h2-7,9H,8,16H2,1H3. The Morgan fingerprint density at radius 2 is 2.12 bits per heavy atom. The van der Waals surface area contributed by atoms with Crippen molar-refractivity contribution in [2.45, 2.75) is 19.5 Å². The Kier molecular flexibility index (Phi) is 3.50. The lowest BCUT2D eigenvalue weighted by molar-refractivity contribution is 0.621. The summed E-state index contributed by atoms with van der Waals surface area (Å²) in [5.41, 5.74) is 7.61. The molecule has 0 aliphatic heterocycles. The molecular formula is C13H14ClFN2. The number of aromatic nitrogens is 1. The zero-order valence-electron chi connectivity index (χ0n) is 9.53. The zero-order chi connectivity index (χ0) is 12.4. The first-order valence-corrected chi connectivity index (χ1v) is 5.81. The third-order valence-electron chi connectivity index (χ3n) is 2.70. The van der Waals surface area contributed by atoms with E-state index in [0.717, 1.165) is 11.3 Å². The zero-order valence-corrected chi connectivity index (χ0v) is 10.3. The van der Waals surface area contributed by atoms with E-state index in [1.54, 1.807) is 6.07 Å². The molecule has 2 nitrogen and oxygen atoms in total. The Labute approximate surface area is 105 Å². The van der Waals surface area contributed by atoms with E-state index in [2.05, 4.69) is 0 Å². The molecule has 2 aromatic rings. The minimum atomic E-state index is -0.390. The van der Waals surface area contributed by atoms with Crippen LogP contribution in [-0.2, 0) is 6.54 Å². The molecule has 0 saturated heterocycles. The Morgan fingerprint density at radius 3 is 2.82 bits per heavy atom. The first-order valence-electron chi connectivity index (χ1n) is 5.43. The molecule has 1 unspecified atom stereocenters. The lowest BCUT2D eigenvalue weighted by atomic mass is 10.2. The Bertz CT molecular complexity index is 520. The maximum absolute atomic E-state index is 13.3. The molecule has 0 radical (unpaired) electrons. The summed E-state index contributed by atoms with van der Waals surface area (Å²) in [5, 5.41) is 0.178. The maximum atomic E-state index is 13.3. The fraction of sp³-hybridized carbons (Fsp3) is 0.231. The van der Waals surface area contributed by atoms with E-state index in [-0.39, 0.29) is 11.1 Å². The quantitative estimate of drug-likeness (QED) is 0.892. The average molecular weight is 253 g/mol. The van der Waals surface area contributed by atoms with E-state index in [1.807, 2.05) is 35.9 Å². The molecule has 90 valence electrons. The second kappa shape index (κ2) is 4.90. The lowest BCUT2D eigenvalue weighted by Crippen LogP contribution is -2.12. The topological polar surface area (TPSA) is 30.9 Å². The van der Waals surface area contributed by atoms with Gasteiger partial charge in [-0.3, -0.25) is 0 Å². The van der Waals surface area contributed by atoms with Crippen LogP contribution in [0.15, 0.2) is 36.5 Å². The molecule has 1 heterocycles. The molecule has 0 fully saturated rings. The smallest absolute Gasteiger partial charge is 0.142 e. The lowest BCUT2D eigenvalue weighted by Gasteiger charge is -2.13. The van der Waals surface area contributed by atoms with Crippen LogP contribution in [0.2, 0.25) is 5.02 Å². The van der Waals surface area contributed by atoms with Gasteiger partial charge in [-0.15, -0.1) is 0 Å². The van der Waals surface area contributed by atoms with Gasteiger partial charge in [-0.1, -0.05) is 23.7 Å². The van der Waals surface area contributed by atoms with Crippen molar-refractivity contribution in [1.82, 2.24) is 4.57 Å². The maximum Gasteiger partial charge on any atom is 0.142 e.